The predicted molar refractivity (Wildman–Crippen MR) is 165 cm³/mol. The highest BCUT2D eigenvalue weighted by Crippen LogP contribution is 2.26. The standard InChI is InChI=1S/C33H39N2O8P/c1-2-34-29(32(37)40-23-26-13-6-3-7-14-26)20-21-31(36)35-30(33(38)41-24-27-15-8-4-9-16-27)19-12-22-42-44(39)43-25-28-17-10-5-11-18-28/h3-11,13-18,29-30,34H,2,12,19-25H2,1H3/p+1. The Kier molecular flexibility index (Phi) is 15.8. The molecule has 0 bridgehead atoms. The summed E-state index contributed by atoms with van der Waals surface area (Å²) < 4.78 is 33.6. The van der Waals surface area contributed by atoms with Crippen molar-refractivity contribution in [1.82, 2.24) is 10.6 Å². The summed E-state index contributed by atoms with van der Waals surface area (Å²) in [6.45, 7) is 2.76. The van der Waals surface area contributed by atoms with Crippen molar-refractivity contribution in [2.24, 2.45) is 0 Å². The lowest BCUT2D eigenvalue weighted by Crippen LogP contribution is -2.43. The summed E-state index contributed by atoms with van der Waals surface area (Å²) in [6, 6.07) is 26.2. The minimum Gasteiger partial charge on any atom is -0.460 e. The van der Waals surface area contributed by atoms with E-state index in [1.54, 1.807) is 0 Å². The molecule has 3 unspecified atom stereocenters. The minimum atomic E-state index is -2.35. The Labute approximate surface area is 259 Å². The molecule has 0 fully saturated rings. The predicted octanol–water partition coefficient (Wildman–Crippen LogP) is 5.39. The average Bonchev–Trinajstić information content (AvgIpc) is 3.06. The van der Waals surface area contributed by atoms with E-state index < -0.39 is 38.2 Å². The van der Waals surface area contributed by atoms with Gasteiger partial charge in [-0.3, -0.25) is 9.59 Å². The fourth-order valence-electron chi connectivity index (χ4n) is 4.16. The number of hydrogen-bond acceptors (Lipinski definition) is 9. The van der Waals surface area contributed by atoms with Crippen LogP contribution in [-0.2, 0) is 57.3 Å². The molecular formula is C33H40N2O8P+. The molecule has 0 aliphatic carbocycles. The number of ether oxygens (including phenoxy) is 2. The number of carbonyl (C=O) groups is 3. The van der Waals surface area contributed by atoms with Gasteiger partial charge in [0.25, 0.3) is 0 Å². The quantitative estimate of drug-likeness (QED) is 0.0967. The monoisotopic (exact) mass is 623 g/mol. The van der Waals surface area contributed by atoms with Gasteiger partial charge in [-0.15, -0.1) is 9.05 Å². The van der Waals surface area contributed by atoms with E-state index in [2.05, 4.69) is 10.6 Å². The first-order valence-electron chi connectivity index (χ1n) is 14.7. The minimum absolute atomic E-state index is 0.0176. The van der Waals surface area contributed by atoms with Crippen molar-refractivity contribution in [3.8, 4) is 0 Å². The lowest BCUT2D eigenvalue weighted by Gasteiger charge is -2.19. The molecular weight excluding hydrogens is 583 g/mol. The zero-order valence-corrected chi connectivity index (χ0v) is 25.8. The highest BCUT2D eigenvalue weighted by Gasteiger charge is 2.26. The van der Waals surface area contributed by atoms with Gasteiger partial charge >= 0.3 is 20.2 Å². The first-order chi connectivity index (χ1) is 21.4. The third-order valence-corrected chi connectivity index (χ3v) is 7.21. The van der Waals surface area contributed by atoms with Crippen LogP contribution in [0.25, 0.3) is 0 Å². The number of nitrogens with one attached hydrogen (secondary N) is 2. The molecule has 0 heterocycles. The van der Waals surface area contributed by atoms with Gasteiger partial charge in [-0.2, -0.15) is 0 Å². The maximum absolute atomic E-state index is 13.0. The zero-order chi connectivity index (χ0) is 31.4. The van der Waals surface area contributed by atoms with Crippen molar-refractivity contribution in [1.29, 1.82) is 0 Å². The van der Waals surface area contributed by atoms with Gasteiger partial charge < -0.3 is 20.1 Å². The smallest absolute Gasteiger partial charge is 0.460 e. The molecule has 0 saturated carbocycles. The van der Waals surface area contributed by atoms with Crippen LogP contribution in [-0.4, -0.2) is 43.1 Å². The normalized spacial score (nSPS) is 12.5. The summed E-state index contributed by atoms with van der Waals surface area (Å²) in [7, 11) is -2.35. The van der Waals surface area contributed by atoms with Crippen LogP contribution < -0.4 is 10.6 Å². The Hall–Kier alpha value is -3.95. The third-order valence-electron chi connectivity index (χ3n) is 6.48. The summed E-state index contributed by atoms with van der Waals surface area (Å²) in [5.41, 5.74) is 2.54. The Morgan fingerprint density at radius 1 is 0.682 bits per heavy atom. The van der Waals surface area contributed by atoms with Gasteiger partial charge in [-0.05, 0) is 42.5 Å². The van der Waals surface area contributed by atoms with Crippen molar-refractivity contribution >= 4 is 26.1 Å². The van der Waals surface area contributed by atoms with Gasteiger partial charge in [-0.25, -0.2) is 4.79 Å². The molecule has 3 aromatic rings. The van der Waals surface area contributed by atoms with Crippen LogP contribution in [0, 0.1) is 0 Å². The van der Waals surface area contributed by atoms with E-state index in [1.165, 1.54) is 0 Å². The number of rotatable bonds is 20. The molecule has 3 aromatic carbocycles. The average molecular weight is 624 g/mol. The third kappa shape index (κ3) is 13.6. The van der Waals surface area contributed by atoms with E-state index in [4.69, 9.17) is 18.5 Å². The van der Waals surface area contributed by atoms with Gasteiger partial charge in [0.15, 0.2) is 0 Å². The van der Waals surface area contributed by atoms with Gasteiger partial charge in [0.1, 0.15) is 38.5 Å². The number of amides is 1. The van der Waals surface area contributed by atoms with E-state index in [1.807, 2.05) is 97.9 Å². The Morgan fingerprint density at radius 2 is 1.18 bits per heavy atom. The molecule has 0 aromatic heterocycles. The van der Waals surface area contributed by atoms with E-state index in [9.17, 15) is 18.9 Å². The largest absolute Gasteiger partial charge is 0.697 e. The fourth-order valence-corrected chi connectivity index (χ4v) is 4.77. The molecule has 0 saturated heterocycles. The number of hydrogen-bond donors (Lipinski definition) is 2. The maximum atomic E-state index is 13.0. The van der Waals surface area contributed by atoms with Crippen LogP contribution in [0.4, 0.5) is 0 Å². The maximum Gasteiger partial charge on any atom is 0.697 e. The lowest BCUT2D eigenvalue weighted by molar-refractivity contribution is -0.150. The van der Waals surface area contributed by atoms with Crippen molar-refractivity contribution in [2.75, 3.05) is 13.2 Å². The van der Waals surface area contributed by atoms with E-state index >= 15 is 0 Å². The van der Waals surface area contributed by atoms with E-state index in [0.717, 1.165) is 16.7 Å². The molecule has 3 rings (SSSR count). The Bertz CT molecular complexity index is 1290. The first kappa shape index (κ1) is 34.5. The molecule has 2 N–H and O–H groups in total. The Balaban J connectivity index is 1.49. The number of likely N-dealkylation sites (N-methyl/N-ethyl adjacent to an activating group) is 1. The van der Waals surface area contributed by atoms with E-state index in [0.29, 0.717) is 13.0 Å². The molecule has 10 nitrogen and oxygen atoms in total. The van der Waals surface area contributed by atoms with Gasteiger partial charge in [0.2, 0.25) is 5.91 Å². The molecule has 0 aliphatic heterocycles. The van der Waals surface area contributed by atoms with Crippen molar-refractivity contribution in [3.63, 3.8) is 0 Å². The summed E-state index contributed by atoms with van der Waals surface area (Å²) in [6.07, 6.45) is 0.668. The van der Waals surface area contributed by atoms with Crippen LogP contribution in [0.3, 0.4) is 0 Å². The summed E-state index contributed by atoms with van der Waals surface area (Å²) in [4.78, 5) is 38.6. The second kappa shape index (κ2) is 20.1. The zero-order valence-electron chi connectivity index (χ0n) is 24.9. The highest BCUT2D eigenvalue weighted by molar-refractivity contribution is 7.33. The second-order valence-electron chi connectivity index (χ2n) is 9.91. The lowest BCUT2D eigenvalue weighted by atomic mass is 10.1. The van der Waals surface area contributed by atoms with Crippen molar-refractivity contribution in [3.05, 3.63) is 108 Å². The van der Waals surface area contributed by atoms with Crippen LogP contribution in [0.5, 0.6) is 0 Å². The van der Waals surface area contributed by atoms with Crippen LogP contribution in [0.15, 0.2) is 91.0 Å². The summed E-state index contributed by atoms with van der Waals surface area (Å²) in [5, 5.41) is 5.79. The topological polar surface area (TPSA) is 129 Å². The van der Waals surface area contributed by atoms with E-state index in [-0.39, 0.29) is 45.7 Å². The van der Waals surface area contributed by atoms with Gasteiger partial charge in [0, 0.05) is 11.0 Å². The van der Waals surface area contributed by atoms with Crippen molar-refractivity contribution in [2.45, 2.75) is 64.5 Å². The van der Waals surface area contributed by atoms with Crippen LogP contribution in [0.2, 0.25) is 0 Å². The molecule has 0 aliphatic rings. The fraction of sp³-hybridized carbons (Fsp3) is 0.364. The number of carbonyl (C=O) groups excluding carboxylic acids is 3. The number of benzene rings is 3. The molecule has 1 amide bonds. The number of esters is 2. The second-order valence-corrected chi connectivity index (χ2v) is 10.9. The summed E-state index contributed by atoms with van der Waals surface area (Å²) in [5.74, 6) is -1.47. The first-order valence-corrected chi connectivity index (χ1v) is 15.7. The highest BCUT2D eigenvalue weighted by atomic mass is 31.1. The van der Waals surface area contributed by atoms with Crippen LogP contribution >= 0.6 is 8.25 Å². The van der Waals surface area contributed by atoms with Crippen LogP contribution in [0.1, 0.15) is 49.3 Å². The molecule has 0 spiro atoms. The molecule has 11 heteroatoms. The molecule has 3 atom stereocenters. The molecule has 44 heavy (non-hydrogen) atoms. The summed E-state index contributed by atoms with van der Waals surface area (Å²) >= 11 is 0. The SMILES string of the molecule is CCNC(CCC(=O)NC(CCCO[P+](=O)OCc1ccccc1)C(=O)OCc1ccccc1)C(=O)OCc1ccccc1. The Morgan fingerprint density at radius 3 is 1.70 bits per heavy atom. The van der Waals surface area contributed by atoms with Crippen molar-refractivity contribution < 1.29 is 37.5 Å². The molecule has 234 valence electrons. The van der Waals surface area contributed by atoms with Gasteiger partial charge in [0.05, 0.1) is 0 Å². The van der Waals surface area contributed by atoms with Gasteiger partial charge in [-0.1, -0.05) is 97.9 Å². The molecule has 0 radical (unpaired) electrons.